The maximum absolute atomic E-state index is 3.59. The van der Waals surface area contributed by atoms with Gasteiger partial charge in [-0.05, 0) is 116 Å². The molecule has 2 aliphatic rings. The molecule has 6 rings (SSSR count). The van der Waals surface area contributed by atoms with Gasteiger partial charge in [-0.2, -0.15) is 0 Å². The Morgan fingerprint density at radius 2 is 1.37 bits per heavy atom. The Hall–Kier alpha value is -4.96. The molecular weight excluding hydrogens is 621 g/mol. The van der Waals surface area contributed by atoms with E-state index in [0.717, 1.165) is 44.7 Å². The minimum atomic E-state index is 0.541. The summed E-state index contributed by atoms with van der Waals surface area (Å²) in [6, 6.07) is 34.5. The molecule has 4 N–H and O–H groups in total. The minimum absolute atomic E-state index is 0.541. The average Bonchev–Trinajstić information content (AvgIpc) is 3.19. The SMILES string of the molecule is CC.CCCc1ccc(NCc2cc(NCc3ccccc3)ccc2C)cc1.Cc1ccc(NCC2C=CC=C(NCC3=CCCC=C3)C2)cc1. The number of aryl methyl sites for hydroxylation is 3. The van der Waals surface area contributed by atoms with Crippen molar-refractivity contribution in [3.05, 3.63) is 173 Å². The molecule has 4 aromatic carbocycles. The molecule has 0 heterocycles. The molecule has 1 atom stereocenters. The van der Waals surface area contributed by atoms with Crippen LogP contribution in [0.3, 0.4) is 0 Å². The van der Waals surface area contributed by atoms with Crippen LogP contribution in [0.4, 0.5) is 17.1 Å². The van der Waals surface area contributed by atoms with Crippen LogP contribution < -0.4 is 21.3 Å². The van der Waals surface area contributed by atoms with E-state index in [2.05, 4.69) is 169 Å². The molecule has 2 aliphatic carbocycles. The summed E-state index contributed by atoms with van der Waals surface area (Å²) in [5.41, 5.74) is 12.9. The van der Waals surface area contributed by atoms with Gasteiger partial charge in [0.2, 0.25) is 0 Å². The minimum Gasteiger partial charge on any atom is -0.384 e. The Bertz CT molecular complexity index is 1700. The fourth-order valence-corrected chi connectivity index (χ4v) is 6.00. The maximum atomic E-state index is 3.59. The zero-order valence-corrected chi connectivity index (χ0v) is 31.6. The summed E-state index contributed by atoms with van der Waals surface area (Å²) in [4.78, 5) is 0. The number of nitrogens with one attached hydrogen (secondary N) is 4. The number of allylic oxidation sites excluding steroid dienone is 5. The van der Waals surface area contributed by atoms with Crippen LogP contribution in [0.25, 0.3) is 0 Å². The van der Waals surface area contributed by atoms with Gasteiger partial charge in [-0.3, -0.25) is 0 Å². The molecule has 0 aliphatic heterocycles. The number of hydrogen-bond acceptors (Lipinski definition) is 4. The summed E-state index contributed by atoms with van der Waals surface area (Å²) in [6.45, 7) is 14.1. The lowest BCUT2D eigenvalue weighted by Gasteiger charge is -2.21. The van der Waals surface area contributed by atoms with Gasteiger partial charge in [-0.25, -0.2) is 0 Å². The van der Waals surface area contributed by atoms with Crippen LogP contribution >= 0.6 is 0 Å². The van der Waals surface area contributed by atoms with E-state index >= 15 is 0 Å². The Kier molecular flexibility index (Phi) is 16.7. The summed E-state index contributed by atoms with van der Waals surface area (Å²) in [7, 11) is 0. The van der Waals surface area contributed by atoms with Crippen molar-refractivity contribution in [1.82, 2.24) is 5.32 Å². The van der Waals surface area contributed by atoms with E-state index in [1.54, 1.807) is 0 Å². The Balaban J connectivity index is 0.000000220. The summed E-state index contributed by atoms with van der Waals surface area (Å²) < 4.78 is 0. The third-order valence-electron chi connectivity index (χ3n) is 9.04. The van der Waals surface area contributed by atoms with Crippen LogP contribution in [0.2, 0.25) is 0 Å². The van der Waals surface area contributed by atoms with Crippen LogP contribution in [-0.2, 0) is 19.5 Å². The van der Waals surface area contributed by atoms with E-state index in [1.807, 2.05) is 19.9 Å². The molecule has 0 amide bonds. The average molecular weight is 681 g/mol. The van der Waals surface area contributed by atoms with Crippen molar-refractivity contribution in [1.29, 1.82) is 0 Å². The number of benzene rings is 4. The first kappa shape index (κ1) is 38.8. The second-order valence-corrected chi connectivity index (χ2v) is 13.2. The topological polar surface area (TPSA) is 48.1 Å². The summed E-state index contributed by atoms with van der Waals surface area (Å²) >= 11 is 0. The van der Waals surface area contributed by atoms with Gasteiger partial charge in [-0.15, -0.1) is 0 Å². The van der Waals surface area contributed by atoms with Crippen LogP contribution in [0.5, 0.6) is 0 Å². The second kappa shape index (κ2) is 22.0. The van der Waals surface area contributed by atoms with Crippen molar-refractivity contribution in [3.63, 3.8) is 0 Å². The van der Waals surface area contributed by atoms with Crippen LogP contribution in [0, 0.1) is 19.8 Å². The number of rotatable bonds is 14. The fraction of sp³-hybridized carbons (Fsp3) is 0.319. The van der Waals surface area contributed by atoms with Gasteiger partial charge in [0.25, 0.3) is 0 Å². The summed E-state index contributed by atoms with van der Waals surface area (Å²) in [5, 5.41) is 14.2. The predicted molar refractivity (Wildman–Crippen MR) is 224 cm³/mol. The zero-order valence-electron chi connectivity index (χ0n) is 31.6. The zero-order chi connectivity index (χ0) is 36.1. The van der Waals surface area contributed by atoms with Crippen LogP contribution in [0.15, 0.2) is 145 Å². The highest BCUT2D eigenvalue weighted by atomic mass is 14.9. The second-order valence-electron chi connectivity index (χ2n) is 13.2. The Labute approximate surface area is 308 Å². The lowest BCUT2D eigenvalue weighted by molar-refractivity contribution is 0.630. The van der Waals surface area contributed by atoms with Crippen molar-refractivity contribution in [2.24, 2.45) is 5.92 Å². The monoisotopic (exact) mass is 680 g/mol. The van der Waals surface area contributed by atoms with Crippen molar-refractivity contribution in [3.8, 4) is 0 Å². The van der Waals surface area contributed by atoms with E-state index in [9.17, 15) is 0 Å². The summed E-state index contributed by atoms with van der Waals surface area (Å²) in [6.07, 6.45) is 19.3. The molecule has 268 valence electrons. The first-order chi connectivity index (χ1) is 25.0. The third-order valence-corrected chi connectivity index (χ3v) is 9.04. The lowest BCUT2D eigenvalue weighted by Crippen LogP contribution is -2.22. The quantitative estimate of drug-likeness (QED) is 0.107. The lowest BCUT2D eigenvalue weighted by atomic mass is 9.97. The standard InChI is InChI=1S/C24H28N2.C21H26N2.C2H6/c1-3-7-20-11-14-23(15-12-20)26-18-22-16-24(13-10-19(22)2)25-17-21-8-5-4-6-9-21;1-17-10-12-20(13-11-17)22-16-19-8-5-9-21(14-19)23-15-18-6-3-2-4-7-18;1-2/h4-6,8-16,25-26H,3,7,17-18H2,1-2H3;3,5-13,19,22-23H,2,4,14-16H2,1H3;1-2H3. The van der Waals surface area contributed by atoms with Gasteiger partial charge >= 0.3 is 0 Å². The van der Waals surface area contributed by atoms with Crippen molar-refractivity contribution < 1.29 is 0 Å². The smallest absolute Gasteiger partial charge is 0.0404 e. The molecule has 4 nitrogen and oxygen atoms in total. The molecule has 51 heavy (non-hydrogen) atoms. The highest BCUT2D eigenvalue weighted by Gasteiger charge is 2.12. The molecule has 1 unspecified atom stereocenters. The fourth-order valence-electron chi connectivity index (χ4n) is 6.00. The van der Waals surface area contributed by atoms with Gasteiger partial charge in [0.05, 0.1) is 0 Å². The Morgan fingerprint density at radius 1 is 0.667 bits per heavy atom. The van der Waals surface area contributed by atoms with Crippen LogP contribution in [-0.4, -0.2) is 13.1 Å². The van der Waals surface area contributed by atoms with E-state index in [-0.39, 0.29) is 0 Å². The predicted octanol–water partition coefficient (Wildman–Crippen LogP) is 11.9. The normalized spacial score (nSPS) is 14.5. The number of hydrogen-bond donors (Lipinski definition) is 4. The maximum Gasteiger partial charge on any atom is 0.0404 e. The van der Waals surface area contributed by atoms with Crippen molar-refractivity contribution in [2.75, 3.05) is 29.0 Å². The van der Waals surface area contributed by atoms with Crippen LogP contribution in [0.1, 0.15) is 74.3 Å². The first-order valence-corrected chi connectivity index (χ1v) is 19.0. The first-order valence-electron chi connectivity index (χ1n) is 19.0. The van der Waals surface area contributed by atoms with E-state index in [0.29, 0.717) is 5.92 Å². The van der Waals surface area contributed by atoms with Gasteiger partial charge in [-0.1, -0.05) is 124 Å². The van der Waals surface area contributed by atoms with Gasteiger partial charge in [0, 0.05) is 48.9 Å². The van der Waals surface area contributed by atoms with Gasteiger partial charge < -0.3 is 21.3 Å². The Morgan fingerprint density at radius 3 is 2.10 bits per heavy atom. The van der Waals surface area contributed by atoms with Crippen molar-refractivity contribution >= 4 is 17.1 Å². The van der Waals surface area contributed by atoms with Gasteiger partial charge in [0.1, 0.15) is 0 Å². The molecular formula is C47H60N4. The largest absolute Gasteiger partial charge is 0.384 e. The molecule has 0 aromatic heterocycles. The molecule has 0 radical (unpaired) electrons. The highest BCUT2D eigenvalue weighted by molar-refractivity contribution is 5.51. The molecule has 0 saturated heterocycles. The molecule has 0 saturated carbocycles. The third kappa shape index (κ3) is 14.1. The van der Waals surface area contributed by atoms with E-state index < -0.39 is 0 Å². The number of anilines is 3. The van der Waals surface area contributed by atoms with E-state index in [1.165, 1.54) is 69.7 Å². The molecule has 4 aromatic rings. The van der Waals surface area contributed by atoms with Gasteiger partial charge in [0.15, 0.2) is 0 Å². The molecule has 0 fully saturated rings. The molecule has 4 heteroatoms. The molecule has 0 spiro atoms. The summed E-state index contributed by atoms with van der Waals surface area (Å²) in [5.74, 6) is 0.541. The highest BCUT2D eigenvalue weighted by Crippen LogP contribution is 2.21. The van der Waals surface area contributed by atoms with E-state index in [4.69, 9.17) is 0 Å². The molecule has 0 bridgehead atoms. The van der Waals surface area contributed by atoms with Crippen molar-refractivity contribution in [2.45, 2.75) is 79.8 Å².